The summed E-state index contributed by atoms with van der Waals surface area (Å²) in [4.78, 5) is 22.2. The number of hydrogen-bond donors (Lipinski definition) is 1. The molecule has 0 heterocycles. The molecule has 0 saturated heterocycles. The first-order valence-corrected chi connectivity index (χ1v) is 6.86. The molecule has 0 bridgehead atoms. The number of Topliss-reactive ketones (excluding diaryl/α,β-unsaturated/α-hetero) is 1. The SMILES string of the molecule is CCCCCCCCC(O)CC(=O)CC(=O)OC. The summed E-state index contributed by atoms with van der Waals surface area (Å²) < 4.78 is 4.40. The van der Waals surface area contributed by atoms with Gasteiger partial charge in [0.05, 0.1) is 13.2 Å². The van der Waals surface area contributed by atoms with Crippen molar-refractivity contribution in [1.82, 2.24) is 0 Å². The van der Waals surface area contributed by atoms with E-state index in [-0.39, 0.29) is 18.6 Å². The van der Waals surface area contributed by atoms with E-state index in [0.717, 1.165) is 12.8 Å². The second-order valence-corrected chi connectivity index (χ2v) is 4.71. The van der Waals surface area contributed by atoms with Crippen LogP contribution in [0.15, 0.2) is 0 Å². The lowest BCUT2D eigenvalue weighted by Crippen LogP contribution is -2.16. The predicted octanol–water partition coefficient (Wildman–Crippen LogP) is 2.62. The maximum Gasteiger partial charge on any atom is 0.313 e. The first-order valence-electron chi connectivity index (χ1n) is 6.86. The van der Waals surface area contributed by atoms with Gasteiger partial charge in [0.25, 0.3) is 0 Å². The Hall–Kier alpha value is -0.900. The van der Waals surface area contributed by atoms with Crippen LogP contribution >= 0.6 is 0 Å². The summed E-state index contributed by atoms with van der Waals surface area (Å²) in [6, 6.07) is 0. The van der Waals surface area contributed by atoms with E-state index in [2.05, 4.69) is 11.7 Å². The largest absolute Gasteiger partial charge is 0.469 e. The van der Waals surface area contributed by atoms with Crippen molar-refractivity contribution in [2.75, 3.05) is 7.11 Å². The summed E-state index contributed by atoms with van der Waals surface area (Å²) in [5, 5.41) is 9.63. The number of ketones is 1. The fourth-order valence-electron chi connectivity index (χ4n) is 1.83. The van der Waals surface area contributed by atoms with Gasteiger partial charge in [-0.25, -0.2) is 0 Å². The van der Waals surface area contributed by atoms with E-state index < -0.39 is 12.1 Å². The van der Waals surface area contributed by atoms with E-state index in [1.165, 1.54) is 32.8 Å². The minimum atomic E-state index is -0.617. The van der Waals surface area contributed by atoms with E-state index in [1.54, 1.807) is 0 Å². The molecule has 0 amide bonds. The number of unbranched alkanes of at least 4 members (excludes halogenated alkanes) is 5. The highest BCUT2D eigenvalue weighted by Crippen LogP contribution is 2.11. The average molecular weight is 258 g/mol. The van der Waals surface area contributed by atoms with Gasteiger partial charge in [-0.3, -0.25) is 9.59 Å². The van der Waals surface area contributed by atoms with Gasteiger partial charge in [-0.1, -0.05) is 45.4 Å². The highest BCUT2D eigenvalue weighted by atomic mass is 16.5. The minimum Gasteiger partial charge on any atom is -0.469 e. The van der Waals surface area contributed by atoms with Gasteiger partial charge in [0.2, 0.25) is 0 Å². The summed E-state index contributed by atoms with van der Waals surface area (Å²) in [5.41, 5.74) is 0. The Morgan fingerprint density at radius 1 is 1.11 bits per heavy atom. The molecular weight excluding hydrogens is 232 g/mol. The third-order valence-electron chi connectivity index (χ3n) is 2.92. The molecule has 0 fully saturated rings. The molecule has 0 aliphatic heterocycles. The molecule has 4 heteroatoms. The fraction of sp³-hybridized carbons (Fsp3) is 0.857. The van der Waals surface area contributed by atoms with Crippen molar-refractivity contribution in [2.24, 2.45) is 0 Å². The van der Waals surface area contributed by atoms with Crippen LogP contribution in [0.25, 0.3) is 0 Å². The number of aliphatic hydroxyl groups excluding tert-OH is 1. The van der Waals surface area contributed by atoms with Crippen LogP contribution in [0.4, 0.5) is 0 Å². The van der Waals surface area contributed by atoms with Crippen molar-refractivity contribution in [1.29, 1.82) is 0 Å². The van der Waals surface area contributed by atoms with Crippen LogP contribution in [0.1, 0.15) is 64.7 Å². The van der Waals surface area contributed by atoms with Crippen LogP contribution in [0.3, 0.4) is 0 Å². The zero-order chi connectivity index (χ0) is 13.8. The molecule has 0 aromatic carbocycles. The smallest absolute Gasteiger partial charge is 0.313 e. The zero-order valence-electron chi connectivity index (χ0n) is 11.6. The topological polar surface area (TPSA) is 63.6 Å². The molecule has 0 aromatic heterocycles. The molecule has 0 aliphatic carbocycles. The lowest BCUT2D eigenvalue weighted by Gasteiger charge is -2.09. The summed E-state index contributed by atoms with van der Waals surface area (Å²) >= 11 is 0. The van der Waals surface area contributed by atoms with Crippen molar-refractivity contribution >= 4 is 11.8 Å². The van der Waals surface area contributed by atoms with Crippen molar-refractivity contribution in [3.8, 4) is 0 Å². The molecule has 1 unspecified atom stereocenters. The van der Waals surface area contributed by atoms with Gasteiger partial charge in [0.1, 0.15) is 12.2 Å². The number of ether oxygens (including phenoxy) is 1. The molecule has 0 rings (SSSR count). The van der Waals surface area contributed by atoms with Gasteiger partial charge in [-0.05, 0) is 6.42 Å². The van der Waals surface area contributed by atoms with E-state index in [9.17, 15) is 14.7 Å². The Labute approximate surface area is 110 Å². The Bertz CT molecular complexity index is 238. The first-order chi connectivity index (χ1) is 8.60. The van der Waals surface area contributed by atoms with Crippen LogP contribution in [0.5, 0.6) is 0 Å². The second kappa shape index (κ2) is 11.2. The first kappa shape index (κ1) is 17.1. The number of esters is 1. The van der Waals surface area contributed by atoms with Crippen molar-refractivity contribution in [2.45, 2.75) is 70.8 Å². The Morgan fingerprint density at radius 2 is 1.72 bits per heavy atom. The summed E-state index contributed by atoms with van der Waals surface area (Å²) in [6.45, 7) is 2.18. The number of rotatable bonds is 11. The fourth-order valence-corrected chi connectivity index (χ4v) is 1.83. The average Bonchev–Trinajstić information content (AvgIpc) is 2.33. The molecule has 106 valence electrons. The van der Waals surface area contributed by atoms with Gasteiger partial charge in [0, 0.05) is 6.42 Å². The lowest BCUT2D eigenvalue weighted by atomic mass is 10.0. The van der Waals surface area contributed by atoms with Crippen molar-refractivity contribution in [3.05, 3.63) is 0 Å². The molecule has 0 aliphatic rings. The molecule has 1 atom stereocenters. The van der Waals surface area contributed by atoms with Gasteiger partial charge in [-0.15, -0.1) is 0 Å². The molecule has 0 spiro atoms. The monoisotopic (exact) mass is 258 g/mol. The standard InChI is InChI=1S/C14H26O4/c1-3-4-5-6-7-8-9-12(15)10-13(16)11-14(17)18-2/h12,15H,3-11H2,1-2H3. The van der Waals surface area contributed by atoms with Gasteiger partial charge >= 0.3 is 5.97 Å². The molecule has 1 N–H and O–H groups in total. The van der Waals surface area contributed by atoms with Gasteiger partial charge < -0.3 is 9.84 Å². The van der Waals surface area contributed by atoms with Gasteiger partial charge in [-0.2, -0.15) is 0 Å². The maximum absolute atomic E-state index is 11.3. The van der Waals surface area contributed by atoms with Crippen LogP contribution in [0, 0.1) is 0 Å². The zero-order valence-corrected chi connectivity index (χ0v) is 11.6. The predicted molar refractivity (Wildman–Crippen MR) is 70.3 cm³/mol. The van der Waals surface area contributed by atoms with Crippen molar-refractivity contribution < 1.29 is 19.4 Å². The number of hydrogen-bond acceptors (Lipinski definition) is 4. The Morgan fingerprint density at radius 3 is 2.33 bits per heavy atom. The van der Waals surface area contributed by atoms with Crippen LogP contribution in [-0.2, 0) is 14.3 Å². The second-order valence-electron chi connectivity index (χ2n) is 4.71. The van der Waals surface area contributed by atoms with Crippen LogP contribution < -0.4 is 0 Å². The quantitative estimate of drug-likeness (QED) is 0.351. The maximum atomic E-state index is 11.3. The number of aliphatic hydroxyl groups is 1. The molecular formula is C14H26O4. The minimum absolute atomic E-state index is 0.0596. The number of carbonyl (C=O) groups excluding carboxylic acids is 2. The molecule has 0 radical (unpaired) electrons. The lowest BCUT2D eigenvalue weighted by molar-refractivity contribution is -0.143. The third-order valence-corrected chi connectivity index (χ3v) is 2.92. The summed E-state index contributed by atoms with van der Waals surface area (Å²) in [6.07, 6.45) is 6.81. The summed E-state index contributed by atoms with van der Waals surface area (Å²) in [5.74, 6) is -0.785. The van der Waals surface area contributed by atoms with Gasteiger partial charge in [0.15, 0.2) is 0 Å². The number of carbonyl (C=O) groups is 2. The van der Waals surface area contributed by atoms with E-state index in [1.807, 2.05) is 0 Å². The molecule has 0 aromatic rings. The number of methoxy groups -OCH3 is 1. The highest BCUT2D eigenvalue weighted by molar-refractivity contribution is 5.95. The molecule has 4 nitrogen and oxygen atoms in total. The highest BCUT2D eigenvalue weighted by Gasteiger charge is 2.14. The van der Waals surface area contributed by atoms with Crippen LogP contribution in [-0.4, -0.2) is 30.1 Å². The van der Waals surface area contributed by atoms with E-state index in [0.29, 0.717) is 6.42 Å². The normalized spacial score (nSPS) is 12.2. The Kier molecular flexibility index (Phi) is 10.6. The van der Waals surface area contributed by atoms with E-state index in [4.69, 9.17) is 0 Å². The van der Waals surface area contributed by atoms with Crippen molar-refractivity contribution in [3.63, 3.8) is 0 Å². The Balaban J connectivity index is 3.49. The van der Waals surface area contributed by atoms with E-state index >= 15 is 0 Å². The molecule has 18 heavy (non-hydrogen) atoms. The van der Waals surface area contributed by atoms with Crippen LogP contribution in [0.2, 0.25) is 0 Å². The molecule has 0 saturated carbocycles. The third kappa shape index (κ3) is 10.3. The summed E-state index contributed by atoms with van der Waals surface area (Å²) in [7, 11) is 1.25.